The van der Waals surface area contributed by atoms with Crippen molar-refractivity contribution in [1.82, 2.24) is 5.32 Å². The summed E-state index contributed by atoms with van der Waals surface area (Å²) < 4.78 is 44.7. The molecule has 1 aromatic heterocycles. The summed E-state index contributed by atoms with van der Waals surface area (Å²) in [5, 5.41) is 3.25. The second-order valence-corrected chi connectivity index (χ2v) is 6.84. The van der Waals surface area contributed by atoms with E-state index in [4.69, 9.17) is 4.74 Å². The lowest BCUT2D eigenvalue weighted by Crippen LogP contribution is -2.27. The third-order valence-corrected chi connectivity index (χ3v) is 5.72. The van der Waals surface area contributed by atoms with E-state index in [0.717, 1.165) is 42.8 Å². The zero-order chi connectivity index (χ0) is 16.6. The number of alkyl halides is 3. The van der Waals surface area contributed by atoms with Gasteiger partial charge in [-0.1, -0.05) is 6.08 Å². The van der Waals surface area contributed by atoms with Crippen LogP contribution in [0.25, 0.3) is 5.57 Å². The lowest BCUT2D eigenvalue weighted by Gasteiger charge is -2.25. The Balaban J connectivity index is 2.12. The van der Waals surface area contributed by atoms with Gasteiger partial charge in [-0.15, -0.1) is 11.3 Å². The highest BCUT2D eigenvalue weighted by atomic mass is 32.1. The first kappa shape index (κ1) is 16.5. The Morgan fingerprint density at radius 3 is 2.65 bits per heavy atom. The maximum atomic E-state index is 13.3. The molecule has 1 fully saturated rings. The minimum Gasteiger partial charge on any atom is -0.465 e. The summed E-state index contributed by atoms with van der Waals surface area (Å²) in [6.07, 6.45) is -0.569. The van der Waals surface area contributed by atoms with Crippen molar-refractivity contribution in [2.45, 2.75) is 37.8 Å². The number of piperidine rings is 1. The number of allylic oxidation sites excluding steroid dienone is 2. The molecule has 0 amide bonds. The van der Waals surface area contributed by atoms with Crippen LogP contribution in [-0.4, -0.2) is 32.3 Å². The van der Waals surface area contributed by atoms with Gasteiger partial charge >= 0.3 is 12.1 Å². The molecule has 0 spiro atoms. The van der Waals surface area contributed by atoms with Crippen molar-refractivity contribution in [1.29, 1.82) is 0 Å². The van der Waals surface area contributed by atoms with Gasteiger partial charge in [-0.25, -0.2) is 4.79 Å². The molecular weight excluding hydrogens is 327 g/mol. The van der Waals surface area contributed by atoms with E-state index in [2.05, 4.69) is 5.32 Å². The van der Waals surface area contributed by atoms with Crippen LogP contribution in [0.15, 0.2) is 6.08 Å². The predicted octanol–water partition coefficient (Wildman–Crippen LogP) is 3.89. The summed E-state index contributed by atoms with van der Waals surface area (Å²) in [5.41, 5.74) is 0.902. The van der Waals surface area contributed by atoms with Crippen LogP contribution < -0.4 is 5.32 Å². The molecule has 23 heavy (non-hydrogen) atoms. The summed E-state index contributed by atoms with van der Waals surface area (Å²) in [6, 6.07) is 0. The van der Waals surface area contributed by atoms with Gasteiger partial charge in [0.25, 0.3) is 0 Å². The number of esters is 1. The zero-order valence-corrected chi connectivity index (χ0v) is 13.6. The molecule has 126 valence electrons. The van der Waals surface area contributed by atoms with Crippen LogP contribution >= 0.6 is 11.3 Å². The van der Waals surface area contributed by atoms with E-state index in [-0.39, 0.29) is 10.8 Å². The number of hydrogen-bond donors (Lipinski definition) is 1. The van der Waals surface area contributed by atoms with E-state index in [0.29, 0.717) is 23.3 Å². The topological polar surface area (TPSA) is 38.3 Å². The molecular formula is C16H18F3NO2S. The first-order valence-corrected chi connectivity index (χ1v) is 8.47. The van der Waals surface area contributed by atoms with E-state index < -0.39 is 17.7 Å². The Labute approximate surface area is 136 Å². The molecule has 0 unspecified atom stereocenters. The number of nitrogens with one attached hydrogen (secondary N) is 1. The number of ether oxygens (including phenoxy) is 1. The molecule has 0 radical (unpaired) electrons. The first-order chi connectivity index (χ1) is 10.9. The number of thiophene rings is 1. The number of methoxy groups -OCH3 is 1. The van der Waals surface area contributed by atoms with E-state index in [1.165, 1.54) is 13.2 Å². The fraction of sp³-hybridized carbons (Fsp3) is 0.562. The lowest BCUT2D eigenvalue weighted by molar-refractivity contribution is -0.0690. The van der Waals surface area contributed by atoms with Crippen molar-refractivity contribution >= 4 is 22.9 Å². The van der Waals surface area contributed by atoms with Gasteiger partial charge in [0.1, 0.15) is 4.88 Å². The summed E-state index contributed by atoms with van der Waals surface area (Å²) in [5.74, 6) is -0.405. The largest absolute Gasteiger partial charge is 0.465 e. The van der Waals surface area contributed by atoms with Crippen LogP contribution in [0.5, 0.6) is 0 Å². The van der Waals surface area contributed by atoms with Crippen molar-refractivity contribution in [3.8, 4) is 0 Å². The molecule has 7 heteroatoms. The van der Waals surface area contributed by atoms with Crippen molar-refractivity contribution in [2.75, 3.05) is 20.2 Å². The molecule has 0 bridgehead atoms. The van der Waals surface area contributed by atoms with Gasteiger partial charge in [0, 0.05) is 4.88 Å². The van der Waals surface area contributed by atoms with Gasteiger partial charge in [0.2, 0.25) is 0 Å². The lowest BCUT2D eigenvalue weighted by atomic mass is 9.83. The number of rotatable bonds is 2. The summed E-state index contributed by atoms with van der Waals surface area (Å²) in [7, 11) is 1.27. The minimum atomic E-state index is -4.39. The maximum absolute atomic E-state index is 13.3. The van der Waals surface area contributed by atoms with Crippen molar-refractivity contribution < 1.29 is 22.7 Å². The molecule has 1 aliphatic carbocycles. The Morgan fingerprint density at radius 2 is 2.04 bits per heavy atom. The molecule has 0 saturated carbocycles. The average Bonchev–Trinajstić information content (AvgIpc) is 2.93. The van der Waals surface area contributed by atoms with E-state index >= 15 is 0 Å². The second kappa shape index (κ2) is 6.28. The number of carbonyl (C=O) groups excluding carboxylic acids is 1. The monoisotopic (exact) mass is 345 g/mol. The highest BCUT2D eigenvalue weighted by Crippen LogP contribution is 2.48. The van der Waals surface area contributed by atoms with Gasteiger partial charge in [0.05, 0.1) is 12.7 Å². The van der Waals surface area contributed by atoms with Crippen LogP contribution in [0.4, 0.5) is 13.2 Å². The first-order valence-electron chi connectivity index (χ1n) is 7.65. The molecule has 1 aliphatic heterocycles. The molecule has 1 saturated heterocycles. The van der Waals surface area contributed by atoms with Crippen LogP contribution in [0, 0.1) is 0 Å². The van der Waals surface area contributed by atoms with Crippen LogP contribution in [-0.2, 0) is 11.2 Å². The molecule has 2 aliphatic rings. The molecule has 0 atom stereocenters. The van der Waals surface area contributed by atoms with E-state index in [1.807, 2.05) is 0 Å². The van der Waals surface area contributed by atoms with Gasteiger partial charge < -0.3 is 10.1 Å². The quantitative estimate of drug-likeness (QED) is 0.827. The van der Waals surface area contributed by atoms with Gasteiger partial charge in [-0.3, -0.25) is 0 Å². The van der Waals surface area contributed by atoms with Crippen molar-refractivity contribution in [3.05, 3.63) is 27.0 Å². The van der Waals surface area contributed by atoms with Crippen molar-refractivity contribution in [3.63, 3.8) is 0 Å². The Hall–Kier alpha value is -1.34. The van der Waals surface area contributed by atoms with Crippen LogP contribution in [0.3, 0.4) is 0 Å². The highest BCUT2D eigenvalue weighted by molar-refractivity contribution is 7.15. The van der Waals surface area contributed by atoms with E-state index in [1.54, 1.807) is 0 Å². The molecule has 1 aromatic rings. The van der Waals surface area contributed by atoms with Crippen LogP contribution in [0.1, 0.15) is 50.9 Å². The SMILES string of the molecule is COC(=O)c1sc2c(c1C1CCNCC1)CCC=C2C(F)(F)F. The molecule has 1 N–H and O–H groups in total. The second-order valence-electron chi connectivity index (χ2n) is 5.82. The molecule has 0 aromatic carbocycles. The van der Waals surface area contributed by atoms with Gasteiger partial charge in [-0.05, 0) is 55.8 Å². The number of fused-ring (bicyclic) bond motifs is 1. The van der Waals surface area contributed by atoms with Crippen LogP contribution in [0.2, 0.25) is 0 Å². The fourth-order valence-corrected chi connectivity index (χ4v) is 4.84. The number of carbonyl (C=O) groups is 1. The molecule has 3 nitrogen and oxygen atoms in total. The highest BCUT2D eigenvalue weighted by Gasteiger charge is 2.41. The summed E-state index contributed by atoms with van der Waals surface area (Å²) in [4.78, 5) is 12.7. The van der Waals surface area contributed by atoms with Gasteiger partial charge in [0.15, 0.2) is 0 Å². The molecule has 2 heterocycles. The summed E-state index contributed by atoms with van der Waals surface area (Å²) >= 11 is 0.940. The predicted molar refractivity (Wildman–Crippen MR) is 82.9 cm³/mol. The Kier molecular flexibility index (Phi) is 4.51. The number of halogens is 3. The van der Waals surface area contributed by atoms with Gasteiger partial charge in [-0.2, -0.15) is 13.2 Å². The molecule has 3 rings (SSSR count). The smallest absolute Gasteiger partial charge is 0.417 e. The third-order valence-electron chi connectivity index (χ3n) is 4.46. The zero-order valence-electron chi connectivity index (χ0n) is 12.8. The standard InChI is InChI=1S/C16H18F3NO2S/c1-22-15(21)14-12(9-5-7-20-8-6-9)10-3-2-4-11(13(10)23-14)16(17,18)19/h4,9,20H,2-3,5-8H2,1H3. The normalized spacial score (nSPS) is 19.2. The average molecular weight is 345 g/mol. The minimum absolute atomic E-state index is 0.123. The maximum Gasteiger partial charge on any atom is 0.417 e. The summed E-state index contributed by atoms with van der Waals surface area (Å²) in [6.45, 7) is 1.63. The third kappa shape index (κ3) is 3.04. The Morgan fingerprint density at radius 1 is 1.35 bits per heavy atom. The fourth-order valence-electron chi connectivity index (χ4n) is 3.43. The Bertz CT molecular complexity index is 642. The van der Waals surface area contributed by atoms with E-state index in [9.17, 15) is 18.0 Å². The number of hydrogen-bond acceptors (Lipinski definition) is 4. The van der Waals surface area contributed by atoms with Crippen molar-refractivity contribution in [2.24, 2.45) is 0 Å².